The van der Waals surface area contributed by atoms with E-state index in [1.54, 1.807) is 18.2 Å². The van der Waals surface area contributed by atoms with Crippen LogP contribution in [-0.4, -0.2) is 36.5 Å². The zero-order chi connectivity index (χ0) is 15.1. The number of hydrogen-bond acceptors (Lipinski definition) is 4. The average Bonchev–Trinajstić information content (AvgIpc) is 2.53. The first kappa shape index (κ1) is 15.5. The van der Waals surface area contributed by atoms with Crippen LogP contribution < -0.4 is 11.1 Å². The van der Waals surface area contributed by atoms with Gasteiger partial charge < -0.3 is 11.1 Å². The van der Waals surface area contributed by atoms with E-state index in [9.17, 15) is 4.79 Å². The van der Waals surface area contributed by atoms with Crippen molar-refractivity contribution in [3.63, 3.8) is 0 Å². The largest absolute Gasteiger partial charge is 0.329 e. The Labute approximate surface area is 125 Å². The Kier molecular flexibility index (Phi) is 5.73. The van der Waals surface area contributed by atoms with E-state index < -0.39 is 0 Å². The van der Waals surface area contributed by atoms with Crippen molar-refractivity contribution >= 4 is 11.6 Å². The molecule has 3 N–H and O–H groups in total. The number of nitriles is 1. The van der Waals surface area contributed by atoms with E-state index in [0.717, 1.165) is 19.5 Å². The predicted molar refractivity (Wildman–Crippen MR) is 82.7 cm³/mol. The Morgan fingerprint density at radius 2 is 2.24 bits per heavy atom. The summed E-state index contributed by atoms with van der Waals surface area (Å²) in [6.07, 6.45) is 3.95. The van der Waals surface area contributed by atoms with Gasteiger partial charge in [-0.3, -0.25) is 9.69 Å². The van der Waals surface area contributed by atoms with Crippen LogP contribution in [0.1, 0.15) is 31.2 Å². The Morgan fingerprint density at radius 1 is 1.43 bits per heavy atom. The van der Waals surface area contributed by atoms with Crippen LogP contribution in [0.15, 0.2) is 24.3 Å². The number of likely N-dealkylation sites (tertiary alicyclic amines) is 1. The van der Waals surface area contributed by atoms with Crippen LogP contribution in [0.3, 0.4) is 0 Å². The molecule has 1 saturated heterocycles. The van der Waals surface area contributed by atoms with Crippen LogP contribution in [0, 0.1) is 11.3 Å². The van der Waals surface area contributed by atoms with Gasteiger partial charge in [0, 0.05) is 25.6 Å². The van der Waals surface area contributed by atoms with Crippen LogP contribution >= 0.6 is 0 Å². The standard InChI is InChI=1S/C16H22N4O/c17-11-13-5-1-2-7-15(13)19-16(21)8-10-20-9-4-3-6-14(20)12-18/h1-2,5,7,14H,3-4,6,8-10,12,18H2,(H,19,21). The molecule has 1 amide bonds. The predicted octanol–water partition coefficient (Wildman–Crippen LogP) is 1.70. The van der Waals surface area contributed by atoms with Gasteiger partial charge in [-0.25, -0.2) is 0 Å². The Hall–Kier alpha value is -1.90. The van der Waals surface area contributed by atoms with Gasteiger partial charge in [-0.2, -0.15) is 5.26 Å². The van der Waals surface area contributed by atoms with Gasteiger partial charge in [-0.15, -0.1) is 0 Å². The van der Waals surface area contributed by atoms with Gasteiger partial charge in [0.1, 0.15) is 6.07 Å². The number of carbonyl (C=O) groups excluding carboxylic acids is 1. The minimum absolute atomic E-state index is 0.0564. The number of piperidine rings is 1. The molecular weight excluding hydrogens is 264 g/mol. The maximum atomic E-state index is 12.0. The van der Waals surface area contributed by atoms with Crippen molar-refractivity contribution in [1.29, 1.82) is 5.26 Å². The summed E-state index contributed by atoms with van der Waals surface area (Å²) < 4.78 is 0. The highest BCUT2D eigenvalue weighted by atomic mass is 16.1. The summed E-state index contributed by atoms with van der Waals surface area (Å²) in [5.41, 5.74) is 6.86. The quantitative estimate of drug-likeness (QED) is 0.863. The van der Waals surface area contributed by atoms with Crippen LogP contribution in [0.5, 0.6) is 0 Å². The van der Waals surface area contributed by atoms with Gasteiger partial charge in [-0.1, -0.05) is 18.6 Å². The lowest BCUT2D eigenvalue weighted by molar-refractivity contribution is -0.116. The number of anilines is 1. The minimum Gasteiger partial charge on any atom is -0.329 e. The normalized spacial score (nSPS) is 19.0. The van der Waals surface area contributed by atoms with E-state index in [-0.39, 0.29) is 5.91 Å². The molecule has 0 aromatic heterocycles. The SMILES string of the molecule is N#Cc1ccccc1NC(=O)CCN1CCCCC1CN. The molecule has 1 aromatic rings. The molecule has 0 spiro atoms. The summed E-state index contributed by atoms with van der Waals surface area (Å²) in [5, 5.41) is 11.8. The summed E-state index contributed by atoms with van der Waals surface area (Å²) in [4.78, 5) is 14.3. The lowest BCUT2D eigenvalue weighted by atomic mass is 10.0. The number of benzene rings is 1. The molecule has 21 heavy (non-hydrogen) atoms. The van der Waals surface area contributed by atoms with Crippen molar-refractivity contribution in [2.75, 3.05) is 25.0 Å². The number of para-hydroxylation sites is 1. The van der Waals surface area contributed by atoms with Crippen LogP contribution in [-0.2, 0) is 4.79 Å². The minimum atomic E-state index is -0.0564. The van der Waals surface area contributed by atoms with Gasteiger partial charge in [0.2, 0.25) is 5.91 Å². The number of nitrogens with zero attached hydrogens (tertiary/aromatic N) is 2. The second kappa shape index (κ2) is 7.77. The molecule has 112 valence electrons. The van der Waals surface area contributed by atoms with Gasteiger partial charge in [0.15, 0.2) is 0 Å². The van der Waals surface area contributed by atoms with Crippen molar-refractivity contribution in [2.24, 2.45) is 5.73 Å². The average molecular weight is 286 g/mol. The van der Waals surface area contributed by atoms with Crippen molar-refractivity contribution in [2.45, 2.75) is 31.7 Å². The highest BCUT2D eigenvalue weighted by Crippen LogP contribution is 2.17. The summed E-state index contributed by atoms with van der Waals surface area (Å²) in [5.74, 6) is -0.0564. The number of hydrogen-bond donors (Lipinski definition) is 2. The molecule has 0 bridgehead atoms. The number of carbonyl (C=O) groups is 1. The first-order valence-corrected chi connectivity index (χ1v) is 7.47. The van der Waals surface area contributed by atoms with Crippen molar-refractivity contribution in [3.05, 3.63) is 29.8 Å². The summed E-state index contributed by atoms with van der Waals surface area (Å²) in [6.45, 7) is 2.39. The molecule has 5 nitrogen and oxygen atoms in total. The first-order valence-electron chi connectivity index (χ1n) is 7.47. The maximum absolute atomic E-state index is 12.0. The Morgan fingerprint density at radius 3 is 3.00 bits per heavy atom. The third-order valence-electron chi connectivity index (χ3n) is 3.97. The van der Waals surface area contributed by atoms with E-state index in [2.05, 4.69) is 16.3 Å². The molecule has 0 aliphatic carbocycles. The molecule has 1 fully saturated rings. The molecule has 2 rings (SSSR count). The van der Waals surface area contributed by atoms with E-state index in [4.69, 9.17) is 11.0 Å². The lowest BCUT2D eigenvalue weighted by Gasteiger charge is -2.34. The highest BCUT2D eigenvalue weighted by Gasteiger charge is 2.21. The monoisotopic (exact) mass is 286 g/mol. The molecular formula is C16H22N4O. The third kappa shape index (κ3) is 4.28. The molecule has 1 aliphatic rings. The molecule has 0 radical (unpaired) electrons. The summed E-state index contributed by atoms with van der Waals surface area (Å²) in [7, 11) is 0. The van der Waals surface area contributed by atoms with Crippen molar-refractivity contribution in [1.82, 2.24) is 4.90 Å². The smallest absolute Gasteiger partial charge is 0.225 e. The first-order chi connectivity index (χ1) is 10.2. The fraction of sp³-hybridized carbons (Fsp3) is 0.500. The van der Waals surface area contributed by atoms with E-state index in [1.165, 1.54) is 12.8 Å². The second-order valence-electron chi connectivity index (χ2n) is 5.38. The molecule has 1 atom stereocenters. The topological polar surface area (TPSA) is 82.2 Å². The highest BCUT2D eigenvalue weighted by molar-refractivity contribution is 5.92. The maximum Gasteiger partial charge on any atom is 0.225 e. The fourth-order valence-corrected chi connectivity index (χ4v) is 2.77. The van der Waals surface area contributed by atoms with Crippen LogP contribution in [0.25, 0.3) is 0 Å². The molecule has 1 unspecified atom stereocenters. The third-order valence-corrected chi connectivity index (χ3v) is 3.97. The van der Waals surface area contributed by atoms with Gasteiger partial charge in [-0.05, 0) is 31.5 Å². The molecule has 5 heteroatoms. The van der Waals surface area contributed by atoms with Crippen molar-refractivity contribution < 1.29 is 4.79 Å². The van der Waals surface area contributed by atoms with Gasteiger partial charge in [0.05, 0.1) is 11.3 Å². The summed E-state index contributed by atoms with van der Waals surface area (Å²) >= 11 is 0. The van der Waals surface area contributed by atoms with Crippen molar-refractivity contribution in [3.8, 4) is 6.07 Å². The number of nitrogens with two attached hydrogens (primary N) is 1. The summed E-state index contributed by atoms with van der Waals surface area (Å²) in [6, 6.07) is 9.53. The van der Waals surface area contributed by atoms with E-state index in [1.807, 2.05) is 6.07 Å². The second-order valence-corrected chi connectivity index (χ2v) is 5.38. The lowest BCUT2D eigenvalue weighted by Crippen LogP contribution is -2.45. The Balaban J connectivity index is 1.86. The number of amides is 1. The Bertz CT molecular complexity index is 523. The fourth-order valence-electron chi connectivity index (χ4n) is 2.77. The van der Waals surface area contributed by atoms with Crippen LogP contribution in [0.4, 0.5) is 5.69 Å². The number of rotatable bonds is 5. The molecule has 1 aliphatic heterocycles. The molecule has 0 saturated carbocycles. The van der Waals surface area contributed by atoms with Gasteiger partial charge in [0.25, 0.3) is 0 Å². The zero-order valence-electron chi connectivity index (χ0n) is 12.2. The molecule has 1 heterocycles. The zero-order valence-corrected chi connectivity index (χ0v) is 12.2. The number of nitrogens with one attached hydrogen (secondary N) is 1. The van der Waals surface area contributed by atoms with Crippen LogP contribution in [0.2, 0.25) is 0 Å². The van der Waals surface area contributed by atoms with E-state index in [0.29, 0.717) is 30.3 Å². The van der Waals surface area contributed by atoms with E-state index >= 15 is 0 Å². The molecule has 1 aromatic carbocycles. The van der Waals surface area contributed by atoms with Gasteiger partial charge >= 0.3 is 0 Å².